The van der Waals surface area contributed by atoms with Gasteiger partial charge in [0.15, 0.2) is 24.1 Å². The van der Waals surface area contributed by atoms with Crippen LogP contribution in [-0.2, 0) is 18.9 Å². The van der Waals surface area contributed by atoms with Gasteiger partial charge in [-0.25, -0.2) is 0 Å². The minimum atomic E-state index is -0.500. The van der Waals surface area contributed by atoms with Crippen molar-refractivity contribution in [3.63, 3.8) is 0 Å². The lowest BCUT2D eigenvalue weighted by atomic mass is 10.1. The maximum absolute atomic E-state index is 10.1. The van der Waals surface area contributed by atoms with Crippen LogP contribution in [0.4, 0.5) is 0 Å². The van der Waals surface area contributed by atoms with E-state index in [0.29, 0.717) is 49.8 Å². The first-order valence-corrected chi connectivity index (χ1v) is 14.4. The molecule has 0 amide bonds. The first-order valence-electron chi connectivity index (χ1n) is 12.5. The number of rotatable bonds is 14. The highest BCUT2D eigenvalue weighted by molar-refractivity contribution is 8.02. The second kappa shape index (κ2) is 14.9. The molecule has 0 N–H and O–H groups in total. The Bertz CT molecular complexity index is 857. The highest BCUT2D eigenvalue weighted by atomic mass is 32.2. The summed E-state index contributed by atoms with van der Waals surface area (Å²) in [6, 6.07) is 4.41. The molecule has 2 fully saturated rings. The highest BCUT2D eigenvalue weighted by Gasteiger charge is 2.30. The van der Waals surface area contributed by atoms with Crippen LogP contribution in [-0.4, -0.2) is 63.7 Å². The molecular formula is C26H36N2O6S2. The predicted octanol–water partition coefficient (Wildman–Crippen LogP) is 5.21. The van der Waals surface area contributed by atoms with Gasteiger partial charge in [0.2, 0.25) is 0 Å². The van der Waals surface area contributed by atoms with E-state index in [1.54, 1.807) is 23.5 Å². The normalized spacial score (nSPS) is 16.6. The van der Waals surface area contributed by atoms with Crippen molar-refractivity contribution in [2.75, 3.05) is 51.1 Å². The molecular weight excluding hydrogens is 500 g/mol. The molecule has 2 saturated heterocycles. The number of hydrogen-bond donors (Lipinski definition) is 0. The van der Waals surface area contributed by atoms with Gasteiger partial charge in [-0.1, -0.05) is 27.7 Å². The zero-order valence-electron chi connectivity index (χ0n) is 21.5. The maximum atomic E-state index is 10.1. The molecule has 0 saturated carbocycles. The minimum absolute atomic E-state index is 0.136. The molecule has 1 aromatic rings. The Labute approximate surface area is 222 Å². The third-order valence-corrected chi connectivity index (χ3v) is 7.90. The summed E-state index contributed by atoms with van der Waals surface area (Å²) < 4.78 is 34.5. The summed E-state index contributed by atoms with van der Waals surface area (Å²) in [6.07, 6.45) is 0.994. The van der Waals surface area contributed by atoms with E-state index < -0.39 is 12.6 Å². The van der Waals surface area contributed by atoms with Crippen molar-refractivity contribution in [1.82, 2.24) is 0 Å². The third-order valence-electron chi connectivity index (χ3n) is 5.54. The van der Waals surface area contributed by atoms with E-state index in [1.165, 1.54) is 0 Å². The van der Waals surface area contributed by atoms with E-state index in [-0.39, 0.29) is 24.3 Å². The average molecular weight is 537 g/mol. The molecule has 2 heterocycles. The summed E-state index contributed by atoms with van der Waals surface area (Å²) in [6.45, 7) is 11.0. The molecule has 1 aromatic carbocycles. The van der Waals surface area contributed by atoms with Crippen molar-refractivity contribution in [2.24, 2.45) is 11.8 Å². The monoisotopic (exact) mass is 536 g/mol. The van der Waals surface area contributed by atoms with Gasteiger partial charge >= 0.3 is 0 Å². The van der Waals surface area contributed by atoms with Crippen LogP contribution in [0.25, 0.3) is 0 Å². The van der Waals surface area contributed by atoms with Gasteiger partial charge in [0.1, 0.15) is 36.5 Å². The number of hydrogen-bond acceptors (Lipinski definition) is 10. The molecule has 10 heteroatoms. The van der Waals surface area contributed by atoms with Crippen LogP contribution in [0, 0.1) is 34.5 Å². The van der Waals surface area contributed by atoms with Gasteiger partial charge in [-0.15, -0.1) is 23.5 Å². The zero-order valence-corrected chi connectivity index (χ0v) is 23.2. The summed E-state index contributed by atoms with van der Waals surface area (Å²) in [7, 11) is 0. The molecule has 0 bridgehead atoms. The van der Waals surface area contributed by atoms with Crippen LogP contribution in [0.2, 0.25) is 0 Å². The van der Waals surface area contributed by atoms with Gasteiger partial charge in [0.25, 0.3) is 0 Å². The fourth-order valence-electron chi connectivity index (χ4n) is 3.51. The lowest BCUT2D eigenvalue weighted by Crippen LogP contribution is -2.21. The van der Waals surface area contributed by atoms with Crippen LogP contribution in [0.5, 0.6) is 11.5 Å². The summed E-state index contributed by atoms with van der Waals surface area (Å²) in [5, 5.41) is 20.3. The van der Waals surface area contributed by atoms with E-state index in [1.807, 2.05) is 0 Å². The Morgan fingerprint density at radius 3 is 1.39 bits per heavy atom. The Kier molecular flexibility index (Phi) is 12.0. The lowest BCUT2D eigenvalue weighted by Gasteiger charge is -2.23. The van der Waals surface area contributed by atoms with E-state index in [4.69, 9.17) is 28.4 Å². The van der Waals surface area contributed by atoms with Gasteiger partial charge in [0.05, 0.1) is 36.2 Å². The van der Waals surface area contributed by atoms with E-state index in [9.17, 15) is 10.5 Å². The van der Waals surface area contributed by atoms with Crippen molar-refractivity contribution in [1.29, 1.82) is 10.5 Å². The zero-order chi connectivity index (χ0) is 25.9. The minimum Gasteiger partial charge on any atom is -0.486 e. The van der Waals surface area contributed by atoms with Gasteiger partial charge in [-0.05, 0) is 36.2 Å². The molecule has 2 aliphatic heterocycles. The Morgan fingerprint density at radius 1 is 0.722 bits per heavy atom. The van der Waals surface area contributed by atoms with Crippen molar-refractivity contribution in [3.05, 3.63) is 11.1 Å². The third kappa shape index (κ3) is 8.17. The molecule has 0 atom stereocenters. The molecule has 0 aromatic heterocycles. The topological polar surface area (TPSA) is 103 Å². The molecule has 2 aliphatic rings. The second-order valence-corrected chi connectivity index (χ2v) is 11.5. The molecule has 0 aliphatic carbocycles. The number of nitrogens with zero attached hydrogens (tertiary/aromatic N) is 2. The van der Waals surface area contributed by atoms with Crippen LogP contribution in [0.1, 0.15) is 51.7 Å². The Morgan fingerprint density at radius 2 is 1.08 bits per heavy atom. The molecule has 198 valence electrons. The first-order chi connectivity index (χ1) is 17.4. The van der Waals surface area contributed by atoms with Crippen molar-refractivity contribution >= 4 is 23.5 Å². The molecule has 36 heavy (non-hydrogen) atoms. The van der Waals surface area contributed by atoms with Gasteiger partial charge in [-0.3, -0.25) is 0 Å². The van der Waals surface area contributed by atoms with E-state index >= 15 is 0 Å². The first kappa shape index (κ1) is 28.9. The fourth-order valence-corrected chi connectivity index (χ4v) is 6.49. The van der Waals surface area contributed by atoms with Crippen LogP contribution < -0.4 is 9.47 Å². The number of ether oxygens (including phenoxy) is 6. The molecule has 8 nitrogen and oxygen atoms in total. The van der Waals surface area contributed by atoms with Crippen LogP contribution in [0.3, 0.4) is 0 Å². The summed E-state index contributed by atoms with van der Waals surface area (Å²) in [5.74, 6) is 3.53. The number of nitriles is 2. The number of thioether (sulfide) groups is 2. The Hall–Kier alpha value is -1.66. The quantitative estimate of drug-likeness (QED) is 0.294. The van der Waals surface area contributed by atoms with Gasteiger partial charge < -0.3 is 28.4 Å². The van der Waals surface area contributed by atoms with Crippen molar-refractivity contribution < 1.29 is 28.4 Å². The van der Waals surface area contributed by atoms with Gasteiger partial charge in [-0.2, -0.15) is 10.5 Å². The standard InChI is InChI=1S/C26H36N2O6S2/c1-17(2)5-11-35-25-23(33-15-21-29-7-8-30-21)19(13-27)20(14-28)24(26(25)36-12-6-18(3)4)34-16-22-31-9-10-32-22/h17-18,21-22H,5-12,15-16H2,1-4H3. The largest absolute Gasteiger partial charge is 0.486 e. The lowest BCUT2D eigenvalue weighted by molar-refractivity contribution is -0.0700. The fraction of sp³-hybridized carbons (Fsp3) is 0.692. The average Bonchev–Trinajstić information content (AvgIpc) is 3.56. The molecule has 0 unspecified atom stereocenters. The summed E-state index contributed by atoms with van der Waals surface area (Å²) in [5.41, 5.74) is 0.332. The summed E-state index contributed by atoms with van der Waals surface area (Å²) in [4.78, 5) is 1.64. The Balaban J connectivity index is 2.04. The van der Waals surface area contributed by atoms with Crippen LogP contribution in [0.15, 0.2) is 9.79 Å². The van der Waals surface area contributed by atoms with Gasteiger partial charge in [0, 0.05) is 0 Å². The van der Waals surface area contributed by atoms with E-state index in [0.717, 1.165) is 34.1 Å². The number of benzene rings is 1. The smallest absolute Gasteiger partial charge is 0.191 e. The second-order valence-electron chi connectivity index (χ2n) is 9.32. The molecule has 0 radical (unpaired) electrons. The van der Waals surface area contributed by atoms with Crippen molar-refractivity contribution in [3.8, 4) is 23.6 Å². The van der Waals surface area contributed by atoms with Crippen molar-refractivity contribution in [2.45, 2.75) is 62.9 Å². The molecule has 3 rings (SSSR count). The maximum Gasteiger partial charge on any atom is 0.191 e. The predicted molar refractivity (Wildman–Crippen MR) is 139 cm³/mol. The van der Waals surface area contributed by atoms with Crippen LogP contribution >= 0.6 is 23.5 Å². The van der Waals surface area contributed by atoms with E-state index in [2.05, 4.69) is 39.8 Å². The molecule has 0 spiro atoms. The highest BCUT2D eigenvalue weighted by Crippen LogP contribution is 2.49. The summed E-state index contributed by atoms with van der Waals surface area (Å²) >= 11 is 3.27. The SMILES string of the molecule is CC(C)CCSc1c(OCC2OCCO2)c(C#N)c(C#N)c(OCC2OCCO2)c1SCCC(C)C.